The fourth-order valence-corrected chi connectivity index (χ4v) is 2.25. The highest BCUT2D eigenvalue weighted by atomic mass is 19.3. The molecule has 1 heterocycles. The first kappa shape index (κ1) is 13.7. The lowest BCUT2D eigenvalue weighted by atomic mass is 10.0. The van der Waals surface area contributed by atoms with E-state index in [4.69, 9.17) is 0 Å². The van der Waals surface area contributed by atoms with E-state index >= 15 is 0 Å². The number of carbonyl (C=O) groups excluding carboxylic acids is 1. The lowest BCUT2D eigenvalue weighted by Gasteiger charge is -2.42. The Bertz CT molecular complexity index is 440. The van der Waals surface area contributed by atoms with Gasteiger partial charge in [0.15, 0.2) is 0 Å². The van der Waals surface area contributed by atoms with Crippen LogP contribution in [0.15, 0.2) is 30.3 Å². The summed E-state index contributed by atoms with van der Waals surface area (Å²) in [5.41, 5.74) is 0.821. The smallest absolute Gasteiger partial charge is 0.281 e. The predicted molar refractivity (Wildman–Crippen MR) is 63.4 cm³/mol. The zero-order valence-electron chi connectivity index (χ0n) is 10.3. The van der Waals surface area contributed by atoms with E-state index in [1.54, 1.807) is 24.3 Å². The van der Waals surface area contributed by atoms with Gasteiger partial charge in [-0.2, -0.15) is 0 Å². The zero-order chi connectivity index (χ0) is 13.9. The standard InChI is InChI=1S/C13H16F2N2O2/c14-13(15)7-4-8-17(12(18)19)11(13)16-9-10-5-2-1-3-6-10/h1-3,5-6,11,16H,4,7-9H2,(H,18,19)/p-1. The van der Waals surface area contributed by atoms with Crippen molar-refractivity contribution >= 4 is 6.09 Å². The number of rotatable bonds is 3. The van der Waals surface area contributed by atoms with Crippen LogP contribution in [0.2, 0.25) is 0 Å². The van der Waals surface area contributed by atoms with Crippen LogP contribution in [0.25, 0.3) is 0 Å². The zero-order valence-corrected chi connectivity index (χ0v) is 10.3. The molecule has 104 valence electrons. The lowest BCUT2D eigenvalue weighted by Crippen LogP contribution is -2.63. The van der Waals surface area contributed by atoms with Gasteiger partial charge in [0.1, 0.15) is 12.3 Å². The second-order valence-corrected chi connectivity index (χ2v) is 4.59. The molecule has 1 unspecified atom stereocenters. The molecule has 1 N–H and O–H groups in total. The van der Waals surface area contributed by atoms with Crippen LogP contribution in [-0.2, 0) is 6.54 Å². The van der Waals surface area contributed by atoms with Crippen LogP contribution in [0.1, 0.15) is 18.4 Å². The van der Waals surface area contributed by atoms with Crippen molar-refractivity contribution in [1.29, 1.82) is 0 Å². The summed E-state index contributed by atoms with van der Waals surface area (Å²) >= 11 is 0. The summed E-state index contributed by atoms with van der Waals surface area (Å²) in [4.78, 5) is 11.6. The monoisotopic (exact) mass is 269 g/mol. The van der Waals surface area contributed by atoms with Gasteiger partial charge < -0.3 is 14.8 Å². The predicted octanol–water partition coefficient (Wildman–Crippen LogP) is 1.18. The number of carboxylic acid groups (broad SMARTS) is 1. The molecule has 4 nitrogen and oxygen atoms in total. The van der Waals surface area contributed by atoms with Crippen molar-refractivity contribution in [2.75, 3.05) is 6.54 Å². The maximum absolute atomic E-state index is 13.8. The molecule has 19 heavy (non-hydrogen) atoms. The van der Waals surface area contributed by atoms with E-state index in [2.05, 4.69) is 5.32 Å². The molecule has 0 spiro atoms. The molecule has 0 radical (unpaired) electrons. The summed E-state index contributed by atoms with van der Waals surface area (Å²) in [7, 11) is 0. The molecule has 1 aromatic carbocycles. The molecule has 1 aromatic rings. The van der Waals surface area contributed by atoms with E-state index in [1.807, 2.05) is 6.07 Å². The van der Waals surface area contributed by atoms with Crippen molar-refractivity contribution in [2.24, 2.45) is 0 Å². The van der Waals surface area contributed by atoms with E-state index in [1.165, 1.54) is 0 Å². The summed E-state index contributed by atoms with van der Waals surface area (Å²) in [6.07, 6.45) is -3.26. The number of nitrogens with zero attached hydrogens (tertiary/aromatic N) is 1. The largest absolute Gasteiger partial charge is 0.530 e. The summed E-state index contributed by atoms with van der Waals surface area (Å²) in [5, 5.41) is 13.5. The van der Waals surface area contributed by atoms with Gasteiger partial charge in [-0.3, -0.25) is 5.32 Å². The second kappa shape index (κ2) is 5.52. The van der Waals surface area contributed by atoms with E-state index < -0.39 is 18.2 Å². The fraction of sp³-hybridized carbons (Fsp3) is 0.462. The van der Waals surface area contributed by atoms with Crippen LogP contribution in [0.5, 0.6) is 0 Å². The Kier molecular flexibility index (Phi) is 3.99. The summed E-state index contributed by atoms with van der Waals surface area (Å²) in [5.74, 6) is -3.08. The average molecular weight is 269 g/mol. The number of halogens is 2. The third-order valence-electron chi connectivity index (χ3n) is 3.20. The van der Waals surface area contributed by atoms with E-state index in [0.29, 0.717) is 4.90 Å². The highest BCUT2D eigenvalue weighted by Crippen LogP contribution is 2.31. The normalized spacial score (nSPS) is 22.2. The quantitative estimate of drug-likeness (QED) is 0.896. The van der Waals surface area contributed by atoms with Crippen molar-refractivity contribution in [3.05, 3.63) is 35.9 Å². The molecule has 0 bridgehead atoms. The van der Waals surface area contributed by atoms with Crippen molar-refractivity contribution in [2.45, 2.75) is 31.5 Å². The minimum Gasteiger partial charge on any atom is -0.530 e. The third-order valence-corrected chi connectivity index (χ3v) is 3.20. The molecule has 1 saturated heterocycles. The number of hydrogen-bond acceptors (Lipinski definition) is 3. The van der Waals surface area contributed by atoms with Gasteiger partial charge in [-0.15, -0.1) is 0 Å². The van der Waals surface area contributed by atoms with Gasteiger partial charge in [0.2, 0.25) is 0 Å². The van der Waals surface area contributed by atoms with Crippen LogP contribution in [0.4, 0.5) is 13.6 Å². The first-order valence-electron chi connectivity index (χ1n) is 6.13. The summed E-state index contributed by atoms with van der Waals surface area (Å²) in [6, 6.07) is 9.00. The molecule has 1 amide bonds. The van der Waals surface area contributed by atoms with E-state index in [0.717, 1.165) is 5.56 Å². The minimum absolute atomic E-state index is 0.0738. The molecule has 6 heteroatoms. The van der Waals surface area contributed by atoms with Crippen LogP contribution >= 0.6 is 0 Å². The maximum Gasteiger partial charge on any atom is 0.281 e. The SMILES string of the molecule is O=C([O-])N1CCCC(F)(F)C1NCc1ccccc1. The minimum atomic E-state index is -3.08. The molecular formula is C13H15F2N2O2-. The summed E-state index contributed by atoms with van der Waals surface area (Å²) < 4.78 is 27.6. The number of alkyl halides is 2. The van der Waals surface area contributed by atoms with Crippen LogP contribution in [-0.4, -0.2) is 29.6 Å². The molecule has 0 aliphatic carbocycles. The third kappa shape index (κ3) is 3.20. The van der Waals surface area contributed by atoms with Crippen molar-refractivity contribution in [3.63, 3.8) is 0 Å². The number of likely N-dealkylation sites (tertiary alicyclic amines) is 1. The average Bonchev–Trinajstić information content (AvgIpc) is 2.37. The number of hydrogen-bond donors (Lipinski definition) is 1. The molecule has 2 rings (SSSR count). The van der Waals surface area contributed by atoms with Gasteiger partial charge in [0.25, 0.3) is 5.92 Å². The van der Waals surface area contributed by atoms with Crippen molar-refractivity contribution < 1.29 is 18.7 Å². The van der Waals surface area contributed by atoms with Gasteiger partial charge in [-0.05, 0) is 12.0 Å². The number of benzene rings is 1. The van der Waals surface area contributed by atoms with Gasteiger partial charge in [0.05, 0.1) is 0 Å². The molecule has 0 saturated carbocycles. The number of carbonyl (C=O) groups is 1. The second-order valence-electron chi connectivity index (χ2n) is 4.59. The van der Waals surface area contributed by atoms with Crippen LogP contribution < -0.4 is 10.4 Å². The Morgan fingerprint density at radius 3 is 2.74 bits per heavy atom. The molecule has 1 aliphatic heterocycles. The van der Waals surface area contributed by atoms with Crippen molar-refractivity contribution in [1.82, 2.24) is 10.2 Å². The van der Waals surface area contributed by atoms with Gasteiger partial charge in [-0.25, -0.2) is 8.78 Å². The molecular weight excluding hydrogens is 254 g/mol. The highest BCUT2D eigenvalue weighted by Gasteiger charge is 2.45. The number of piperidine rings is 1. The first-order chi connectivity index (χ1) is 9.00. The number of amides is 1. The fourth-order valence-electron chi connectivity index (χ4n) is 2.25. The van der Waals surface area contributed by atoms with E-state index in [-0.39, 0.29) is 25.9 Å². The maximum atomic E-state index is 13.8. The van der Waals surface area contributed by atoms with Gasteiger partial charge in [0, 0.05) is 19.5 Å². The van der Waals surface area contributed by atoms with Crippen molar-refractivity contribution in [3.8, 4) is 0 Å². The molecule has 1 atom stereocenters. The summed E-state index contributed by atoms with van der Waals surface area (Å²) in [6.45, 7) is 0.259. The Labute approximate surface area is 110 Å². The van der Waals surface area contributed by atoms with Gasteiger partial charge in [-0.1, -0.05) is 30.3 Å². The van der Waals surface area contributed by atoms with Gasteiger partial charge >= 0.3 is 0 Å². The highest BCUT2D eigenvalue weighted by molar-refractivity contribution is 5.63. The lowest BCUT2D eigenvalue weighted by molar-refractivity contribution is -0.278. The molecule has 1 aliphatic rings. The Hall–Kier alpha value is -1.69. The Morgan fingerprint density at radius 2 is 2.11 bits per heavy atom. The Morgan fingerprint density at radius 1 is 1.42 bits per heavy atom. The molecule has 0 aromatic heterocycles. The first-order valence-corrected chi connectivity index (χ1v) is 6.13. The molecule has 1 fully saturated rings. The Balaban J connectivity index is 2.07. The number of nitrogens with one attached hydrogen (secondary N) is 1. The van der Waals surface area contributed by atoms with Crippen LogP contribution in [0, 0.1) is 0 Å². The topological polar surface area (TPSA) is 55.4 Å². The van der Waals surface area contributed by atoms with Crippen LogP contribution in [0.3, 0.4) is 0 Å². The van der Waals surface area contributed by atoms with E-state index in [9.17, 15) is 18.7 Å².